The van der Waals surface area contributed by atoms with E-state index in [2.05, 4.69) is 48.5 Å². The maximum atomic E-state index is 8.86. The summed E-state index contributed by atoms with van der Waals surface area (Å²) >= 11 is 0. The van der Waals surface area contributed by atoms with Crippen LogP contribution in [0.1, 0.15) is 31.2 Å². The van der Waals surface area contributed by atoms with E-state index in [0.717, 1.165) is 36.7 Å². The van der Waals surface area contributed by atoms with Crippen LogP contribution >= 0.6 is 0 Å². The fourth-order valence-electron chi connectivity index (χ4n) is 2.96. The van der Waals surface area contributed by atoms with Crippen molar-refractivity contribution in [2.24, 2.45) is 0 Å². The molecule has 3 aromatic rings. The zero-order valence-corrected chi connectivity index (χ0v) is 12.3. The first kappa shape index (κ1) is 14.0. The van der Waals surface area contributed by atoms with Gasteiger partial charge in [-0.15, -0.1) is 0 Å². The molecule has 1 N–H and O–H groups in total. The number of aromatic nitrogens is 1. The number of benzene rings is 2. The SMILES string of the molecule is OCCCCCCc1c2ccccc2nc2ccccc12. The second-order valence-corrected chi connectivity index (χ2v) is 5.51. The second-order valence-electron chi connectivity index (χ2n) is 5.51. The molecule has 3 rings (SSSR count). The van der Waals surface area contributed by atoms with Crippen molar-refractivity contribution < 1.29 is 5.11 Å². The lowest BCUT2D eigenvalue weighted by molar-refractivity contribution is 0.282. The Kier molecular flexibility index (Phi) is 4.46. The minimum Gasteiger partial charge on any atom is -0.396 e. The van der Waals surface area contributed by atoms with Gasteiger partial charge < -0.3 is 5.11 Å². The number of aryl methyl sites for hydroxylation is 1. The van der Waals surface area contributed by atoms with Crippen LogP contribution in [-0.4, -0.2) is 16.7 Å². The molecule has 1 aromatic heterocycles. The van der Waals surface area contributed by atoms with E-state index >= 15 is 0 Å². The van der Waals surface area contributed by atoms with Gasteiger partial charge in [0.05, 0.1) is 11.0 Å². The van der Waals surface area contributed by atoms with Crippen LogP contribution in [0.25, 0.3) is 21.8 Å². The normalized spacial score (nSPS) is 11.3. The van der Waals surface area contributed by atoms with Gasteiger partial charge in [-0.2, -0.15) is 0 Å². The summed E-state index contributed by atoms with van der Waals surface area (Å²) in [7, 11) is 0. The van der Waals surface area contributed by atoms with Crippen molar-refractivity contribution in [3.8, 4) is 0 Å². The van der Waals surface area contributed by atoms with Crippen molar-refractivity contribution in [2.75, 3.05) is 6.61 Å². The van der Waals surface area contributed by atoms with E-state index in [1.165, 1.54) is 22.8 Å². The maximum Gasteiger partial charge on any atom is 0.0712 e. The molecule has 108 valence electrons. The fourth-order valence-corrected chi connectivity index (χ4v) is 2.96. The van der Waals surface area contributed by atoms with Gasteiger partial charge in [0, 0.05) is 17.4 Å². The molecule has 0 saturated carbocycles. The summed E-state index contributed by atoms with van der Waals surface area (Å²) in [5.41, 5.74) is 3.59. The Balaban J connectivity index is 1.96. The Morgan fingerprint density at radius 1 is 0.714 bits per heavy atom. The first-order valence-electron chi connectivity index (χ1n) is 7.77. The predicted octanol–water partition coefficient (Wildman–Crippen LogP) is 4.48. The highest BCUT2D eigenvalue weighted by molar-refractivity contribution is 5.97. The molecule has 0 unspecified atom stereocenters. The van der Waals surface area contributed by atoms with Crippen molar-refractivity contribution in [3.05, 3.63) is 54.1 Å². The Labute approximate surface area is 125 Å². The number of nitrogens with zero attached hydrogens (tertiary/aromatic N) is 1. The summed E-state index contributed by atoms with van der Waals surface area (Å²) in [6.45, 7) is 0.307. The van der Waals surface area contributed by atoms with Crippen LogP contribution in [0.15, 0.2) is 48.5 Å². The van der Waals surface area contributed by atoms with E-state index in [9.17, 15) is 0 Å². The molecule has 0 aliphatic rings. The van der Waals surface area contributed by atoms with Gasteiger partial charge in [0.15, 0.2) is 0 Å². The van der Waals surface area contributed by atoms with Crippen LogP contribution in [0, 0.1) is 0 Å². The molecule has 0 radical (unpaired) electrons. The summed E-state index contributed by atoms with van der Waals surface area (Å²) in [6, 6.07) is 16.8. The average molecular weight is 279 g/mol. The summed E-state index contributed by atoms with van der Waals surface area (Å²) in [5.74, 6) is 0. The smallest absolute Gasteiger partial charge is 0.0712 e. The first-order chi connectivity index (χ1) is 10.4. The molecule has 0 fully saturated rings. The molecule has 0 aliphatic heterocycles. The van der Waals surface area contributed by atoms with Crippen molar-refractivity contribution in [1.29, 1.82) is 0 Å². The molecular formula is C19H21NO. The lowest BCUT2D eigenvalue weighted by atomic mass is 9.97. The number of aliphatic hydroxyl groups is 1. The molecule has 0 aliphatic carbocycles. The van der Waals surface area contributed by atoms with Gasteiger partial charge in [0.25, 0.3) is 0 Å². The monoisotopic (exact) mass is 279 g/mol. The van der Waals surface area contributed by atoms with Crippen molar-refractivity contribution in [3.63, 3.8) is 0 Å². The first-order valence-corrected chi connectivity index (χ1v) is 7.77. The molecule has 1 heterocycles. The molecule has 21 heavy (non-hydrogen) atoms. The molecule has 2 aromatic carbocycles. The Bertz CT molecular complexity index is 682. The zero-order chi connectivity index (χ0) is 14.5. The maximum absolute atomic E-state index is 8.86. The van der Waals surface area contributed by atoms with Gasteiger partial charge in [-0.3, -0.25) is 0 Å². The summed E-state index contributed by atoms with van der Waals surface area (Å²) in [6.07, 6.45) is 5.44. The predicted molar refractivity (Wildman–Crippen MR) is 88.5 cm³/mol. The minimum absolute atomic E-state index is 0.307. The number of hydrogen-bond donors (Lipinski definition) is 1. The Morgan fingerprint density at radius 2 is 1.29 bits per heavy atom. The molecule has 0 amide bonds. The molecular weight excluding hydrogens is 258 g/mol. The van der Waals surface area contributed by atoms with Gasteiger partial charge in [0.2, 0.25) is 0 Å². The zero-order valence-electron chi connectivity index (χ0n) is 12.3. The largest absolute Gasteiger partial charge is 0.396 e. The van der Waals surface area contributed by atoms with E-state index in [-0.39, 0.29) is 0 Å². The highest BCUT2D eigenvalue weighted by Gasteiger charge is 2.08. The van der Waals surface area contributed by atoms with Crippen molar-refractivity contribution >= 4 is 21.8 Å². The van der Waals surface area contributed by atoms with E-state index in [1.807, 2.05) is 0 Å². The fraction of sp³-hybridized carbons (Fsp3) is 0.316. The number of hydrogen-bond acceptors (Lipinski definition) is 2. The Hall–Kier alpha value is -1.93. The third kappa shape index (κ3) is 3.06. The van der Waals surface area contributed by atoms with Gasteiger partial charge in [-0.1, -0.05) is 49.2 Å². The topological polar surface area (TPSA) is 33.1 Å². The van der Waals surface area contributed by atoms with Gasteiger partial charge >= 0.3 is 0 Å². The summed E-state index contributed by atoms with van der Waals surface area (Å²) in [5, 5.41) is 11.4. The van der Waals surface area contributed by atoms with Crippen LogP contribution in [0.4, 0.5) is 0 Å². The number of para-hydroxylation sites is 2. The summed E-state index contributed by atoms with van der Waals surface area (Å²) < 4.78 is 0. The third-order valence-corrected chi connectivity index (χ3v) is 4.03. The van der Waals surface area contributed by atoms with Crippen LogP contribution in [-0.2, 0) is 6.42 Å². The van der Waals surface area contributed by atoms with E-state index in [4.69, 9.17) is 10.1 Å². The van der Waals surface area contributed by atoms with E-state index < -0.39 is 0 Å². The number of fused-ring (bicyclic) bond motifs is 2. The second kappa shape index (κ2) is 6.68. The van der Waals surface area contributed by atoms with Gasteiger partial charge in [-0.05, 0) is 37.0 Å². The number of rotatable bonds is 6. The highest BCUT2D eigenvalue weighted by atomic mass is 16.2. The number of unbranched alkanes of at least 4 members (excludes halogenated alkanes) is 3. The van der Waals surface area contributed by atoms with Crippen LogP contribution in [0.5, 0.6) is 0 Å². The molecule has 0 atom stereocenters. The van der Waals surface area contributed by atoms with Gasteiger partial charge in [-0.25, -0.2) is 4.98 Å². The molecule has 2 nitrogen and oxygen atoms in total. The van der Waals surface area contributed by atoms with Crippen LogP contribution < -0.4 is 0 Å². The molecule has 0 spiro atoms. The van der Waals surface area contributed by atoms with E-state index in [1.54, 1.807) is 0 Å². The quantitative estimate of drug-likeness (QED) is 0.533. The molecule has 0 bridgehead atoms. The van der Waals surface area contributed by atoms with Crippen molar-refractivity contribution in [2.45, 2.75) is 32.1 Å². The lowest BCUT2D eigenvalue weighted by Gasteiger charge is -2.10. The Morgan fingerprint density at radius 3 is 1.90 bits per heavy atom. The average Bonchev–Trinajstić information content (AvgIpc) is 2.53. The molecule has 0 saturated heterocycles. The standard InChI is InChI=1S/C19H21NO/c21-14-8-2-1-3-9-15-16-10-4-6-12-18(16)20-19-13-7-5-11-17(15)19/h4-7,10-13,21H,1-3,8-9,14H2. The summed E-state index contributed by atoms with van der Waals surface area (Å²) in [4.78, 5) is 4.76. The molecule has 2 heteroatoms. The van der Waals surface area contributed by atoms with Crippen molar-refractivity contribution in [1.82, 2.24) is 4.98 Å². The van der Waals surface area contributed by atoms with Crippen LogP contribution in [0.2, 0.25) is 0 Å². The number of aliphatic hydroxyl groups excluding tert-OH is 1. The van der Waals surface area contributed by atoms with Gasteiger partial charge in [0.1, 0.15) is 0 Å². The minimum atomic E-state index is 0.307. The van der Waals surface area contributed by atoms with Crippen LogP contribution in [0.3, 0.4) is 0 Å². The lowest BCUT2D eigenvalue weighted by Crippen LogP contribution is -1.94. The van der Waals surface area contributed by atoms with E-state index in [0.29, 0.717) is 6.61 Å². The third-order valence-electron chi connectivity index (χ3n) is 4.03. The highest BCUT2D eigenvalue weighted by Crippen LogP contribution is 2.27. The number of pyridine rings is 1.